The van der Waals surface area contributed by atoms with E-state index in [0.29, 0.717) is 11.3 Å². The van der Waals surface area contributed by atoms with Gasteiger partial charge in [0.25, 0.3) is 0 Å². The summed E-state index contributed by atoms with van der Waals surface area (Å²) in [6, 6.07) is 7.00. The van der Waals surface area contributed by atoms with E-state index in [0.717, 1.165) is 19.5 Å². The minimum Gasteiger partial charge on any atom is -0.327 e. The summed E-state index contributed by atoms with van der Waals surface area (Å²) in [5.41, 5.74) is 7.26. The van der Waals surface area contributed by atoms with E-state index < -0.39 is 0 Å². The maximum absolute atomic E-state index is 12.6. The Morgan fingerprint density at radius 3 is 2.54 bits per heavy atom. The predicted octanol–water partition coefficient (Wildman–Crippen LogP) is 2.70. The Balaban J connectivity index is 0.00000288. The molecule has 0 bridgehead atoms. The number of nitrogens with zero attached hydrogens (tertiary/aromatic N) is 1. The van der Waals surface area contributed by atoms with Crippen molar-refractivity contribution in [3.63, 3.8) is 0 Å². The van der Waals surface area contributed by atoms with Crippen molar-refractivity contribution in [3.05, 3.63) is 29.8 Å². The van der Waals surface area contributed by atoms with Gasteiger partial charge in [0.1, 0.15) is 0 Å². The molecule has 0 saturated carbocycles. The predicted molar refractivity (Wildman–Crippen MR) is 99.7 cm³/mol. The third-order valence-electron chi connectivity index (χ3n) is 4.83. The molecule has 6 heteroatoms. The van der Waals surface area contributed by atoms with E-state index in [2.05, 4.69) is 24.1 Å². The van der Waals surface area contributed by atoms with Crippen LogP contribution in [0.25, 0.3) is 0 Å². The van der Waals surface area contributed by atoms with Gasteiger partial charge in [-0.2, -0.15) is 0 Å². The molecule has 1 aromatic rings. The van der Waals surface area contributed by atoms with Gasteiger partial charge >= 0.3 is 0 Å². The molecule has 1 aliphatic heterocycles. The van der Waals surface area contributed by atoms with Crippen LogP contribution in [0.15, 0.2) is 24.3 Å². The zero-order valence-corrected chi connectivity index (χ0v) is 15.7. The van der Waals surface area contributed by atoms with E-state index in [-0.39, 0.29) is 41.6 Å². The standard InChI is InChI=1S/C18H27N3O2.ClH/c1-12(21-10-9-16(19)18(3,4)11-21)17(23)20-15-8-6-5-7-14(15)13(2)22;/h5-8,12,16H,9-11,19H2,1-4H3,(H,20,23);1H. The average molecular weight is 354 g/mol. The van der Waals surface area contributed by atoms with Crippen LogP contribution in [0, 0.1) is 5.41 Å². The highest BCUT2D eigenvalue weighted by molar-refractivity contribution is 6.04. The van der Waals surface area contributed by atoms with Crippen molar-refractivity contribution >= 4 is 29.8 Å². The minimum absolute atomic E-state index is 0. The van der Waals surface area contributed by atoms with Crippen molar-refractivity contribution < 1.29 is 9.59 Å². The topological polar surface area (TPSA) is 75.4 Å². The Hall–Kier alpha value is -1.43. The first kappa shape index (κ1) is 20.6. The number of rotatable bonds is 4. The van der Waals surface area contributed by atoms with Crippen molar-refractivity contribution in [1.29, 1.82) is 0 Å². The zero-order valence-electron chi connectivity index (χ0n) is 14.8. The summed E-state index contributed by atoms with van der Waals surface area (Å²) < 4.78 is 0. The molecular formula is C18H28ClN3O2. The minimum atomic E-state index is -0.262. The Morgan fingerprint density at radius 2 is 1.96 bits per heavy atom. The molecule has 1 saturated heterocycles. The van der Waals surface area contributed by atoms with Gasteiger partial charge in [0.15, 0.2) is 5.78 Å². The number of ketones is 1. The van der Waals surface area contributed by atoms with Crippen LogP contribution in [0.1, 0.15) is 44.5 Å². The number of nitrogens with two attached hydrogens (primary N) is 1. The molecule has 24 heavy (non-hydrogen) atoms. The fraction of sp³-hybridized carbons (Fsp3) is 0.556. The molecule has 2 atom stereocenters. The Morgan fingerprint density at radius 1 is 1.33 bits per heavy atom. The summed E-state index contributed by atoms with van der Waals surface area (Å²) in [5, 5.41) is 2.89. The van der Waals surface area contributed by atoms with Crippen LogP contribution in [0.3, 0.4) is 0 Å². The first-order valence-corrected chi connectivity index (χ1v) is 8.13. The highest BCUT2D eigenvalue weighted by Gasteiger charge is 2.36. The van der Waals surface area contributed by atoms with Gasteiger partial charge in [-0.05, 0) is 37.8 Å². The molecule has 0 radical (unpaired) electrons. The van der Waals surface area contributed by atoms with Gasteiger partial charge in [0, 0.05) is 24.7 Å². The van der Waals surface area contributed by atoms with Crippen LogP contribution in [0.2, 0.25) is 0 Å². The van der Waals surface area contributed by atoms with Crippen molar-refractivity contribution in [2.45, 2.75) is 46.2 Å². The van der Waals surface area contributed by atoms with Crippen LogP contribution in [-0.2, 0) is 4.79 Å². The number of amides is 1. The smallest absolute Gasteiger partial charge is 0.241 e. The molecule has 0 aromatic heterocycles. The second-order valence-corrected chi connectivity index (χ2v) is 7.12. The zero-order chi connectivity index (χ0) is 17.2. The average Bonchev–Trinajstić information content (AvgIpc) is 2.49. The van der Waals surface area contributed by atoms with E-state index >= 15 is 0 Å². The van der Waals surface area contributed by atoms with Gasteiger partial charge in [0.05, 0.1) is 11.7 Å². The number of hydrogen-bond donors (Lipinski definition) is 2. The molecule has 5 nitrogen and oxygen atoms in total. The third kappa shape index (κ3) is 4.56. The lowest BCUT2D eigenvalue weighted by Gasteiger charge is -2.44. The van der Waals surface area contributed by atoms with Crippen LogP contribution < -0.4 is 11.1 Å². The van der Waals surface area contributed by atoms with Crippen LogP contribution in [-0.4, -0.2) is 41.8 Å². The molecule has 0 spiro atoms. The highest BCUT2D eigenvalue weighted by atomic mass is 35.5. The number of nitrogens with one attached hydrogen (secondary N) is 1. The maximum atomic E-state index is 12.6. The number of likely N-dealkylation sites (tertiary alicyclic amines) is 1. The van der Waals surface area contributed by atoms with Gasteiger partial charge in [0.2, 0.25) is 5.91 Å². The molecule has 1 aliphatic rings. The number of para-hydroxylation sites is 1. The second kappa shape index (κ2) is 8.10. The number of anilines is 1. The lowest BCUT2D eigenvalue weighted by Crippen LogP contribution is -2.56. The SMILES string of the molecule is CC(=O)c1ccccc1NC(=O)C(C)N1CCC(N)C(C)(C)C1.Cl. The molecule has 0 aliphatic carbocycles. The monoisotopic (exact) mass is 353 g/mol. The molecule has 1 heterocycles. The van der Waals surface area contributed by atoms with Gasteiger partial charge in [-0.15, -0.1) is 12.4 Å². The molecule has 1 fully saturated rings. The summed E-state index contributed by atoms with van der Waals surface area (Å²) in [5.74, 6) is -0.149. The normalized spacial score (nSPS) is 21.5. The van der Waals surface area contributed by atoms with E-state index in [1.165, 1.54) is 6.92 Å². The van der Waals surface area contributed by atoms with E-state index in [1.807, 2.05) is 13.0 Å². The first-order chi connectivity index (χ1) is 10.7. The van der Waals surface area contributed by atoms with E-state index in [4.69, 9.17) is 5.73 Å². The second-order valence-electron chi connectivity index (χ2n) is 7.12. The van der Waals surface area contributed by atoms with Crippen LogP contribution >= 0.6 is 12.4 Å². The number of carbonyl (C=O) groups excluding carboxylic acids is 2. The molecule has 1 aromatic carbocycles. The number of halogens is 1. The fourth-order valence-corrected chi connectivity index (χ4v) is 3.05. The molecule has 3 N–H and O–H groups in total. The molecular weight excluding hydrogens is 326 g/mol. The van der Waals surface area contributed by atoms with E-state index in [9.17, 15) is 9.59 Å². The van der Waals surface area contributed by atoms with Crippen LogP contribution in [0.5, 0.6) is 0 Å². The van der Waals surface area contributed by atoms with Gasteiger partial charge in [-0.25, -0.2) is 0 Å². The van der Waals surface area contributed by atoms with Crippen molar-refractivity contribution in [2.24, 2.45) is 11.1 Å². The Kier molecular flexibility index (Phi) is 6.96. The highest BCUT2D eigenvalue weighted by Crippen LogP contribution is 2.29. The van der Waals surface area contributed by atoms with Crippen LogP contribution in [0.4, 0.5) is 5.69 Å². The van der Waals surface area contributed by atoms with Gasteiger partial charge in [-0.3, -0.25) is 14.5 Å². The number of carbonyl (C=O) groups is 2. The van der Waals surface area contributed by atoms with Gasteiger partial charge < -0.3 is 11.1 Å². The van der Waals surface area contributed by atoms with Crippen molar-refractivity contribution in [3.8, 4) is 0 Å². The molecule has 1 amide bonds. The summed E-state index contributed by atoms with van der Waals surface area (Å²) in [6.45, 7) is 9.28. The molecule has 2 rings (SSSR count). The fourth-order valence-electron chi connectivity index (χ4n) is 3.05. The van der Waals surface area contributed by atoms with Crippen molar-refractivity contribution in [2.75, 3.05) is 18.4 Å². The number of Topliss-reactive ketones (excluding diaryl/α,β-unsaturated/α-hetero) is 1. The molecule has 2 unspecified atom stereocenters. The molecule has 134 valence electrons. The maximum Gasteiger partial charge on any atom is 0.241 e. The summed E-state index contributed by atoms with van der Waals surface area (Å²) in [7, 11) is 0. The third-order valence-corrected chi connectivity index (χ3v) is 4.83. The first-order valence-electron chi connectivity index (χ1n) is 8.13. The lowest BCUT2D eigenvalue weighted by molar-refractivity contribution is -0.122. The Bertz CT molecular complexity index is 604. The summed E-state index contributed by atoms with van der Waals surface area (Å²) >= 11 is 0. The van der Waals surface area contributed by atoms with Crippen molar-refractivity contribution in [1.82, 2.24) is 4.90 Å². The largest absolute Gasteiger partial charge is 0.327 e. The number of hydrogen-bond acceptors (Lipinski definition) is 4. The lowest BCUT2D eigenvalue weighted by atomic mass is 9.79. The summed E-state index contributed by atoms with van der Waals surface area (Å²) in [4.78, 5) is 26.4. The summed E-state index contributed by atoms with van der Waals surface area (Å²) in [6.07, 6.45) is 0.884. The van der Waals surface area contributed by atoms with E-state index in [1.54, 1.807) is 18.2 Å². The quantitative estimate of drug-likeness (QED) is 0.816. The van der Waals surface area contributed by atoms with Gasteiger partial charge in [-0.1, -0.05) is 26.0 Å². The number of piperidine rings is 1. The Labute approximate surface area is 150 Å². The number of benzene rings is 1.